The fourth-order valence-electron chi connectivity index (χ4n) is 1.76. The minimum atomic E-state index is -4.50. The van der Waals surface area contributed by atoms with Crippen molar-refractivity contribution in [2.24, 2.45) is 0 Å². The van der Waals surface area contributed by atoms with E-state index >= 15 is 0 Å². The Bertz CT molecular complexity index is 432. The molecule has 1 rings (SSSR count). The molecule has 1 unspecified atom stereocenters. The highest BCUT2D eigenvalue weighted by Crippen LogP contribution is 2.34. The third kappa shape index (κ3) is 3.96. The number of carbonyl (C=O) groups excluding carboxylic acids is 1. The van der Waals surface area contributed by atoms with E-state index in [-0.39, 0.29) is 12.2 Å². The topological polar surface area (TPSA) is 38.3 Å². The number of esters is 1. The van der Waals surface area contributed by atoms with Gasteiger partial charge in [-0.3, -0.25) is 0 Å². The van der Waals surface area contributed by atoms with E-state index in [0.717, 1.165) is 6.07 Å². The van der Waals surface area contributed by atoms with Crippen LogP contribution in [0.15, 0.2) is 24.3 Å². The summed E-state index contributed by atoms with van der Waals surface area (Å²) < 4.78 is 43.6. The molecule has 0 fully saturated rings. The Morgan fingerprint density at radius 3 is 2.47 bits per heavy atom. The standard InChI is InChI=1S/C13H16F3NO2/c1-3-17-11(12(18)19-4-2)9-7-5-6-8-10(9)13(14,15)16/h5-8,11,17H,3-4H2,1-2H3. The molecule has 0 aromatic heterocycles. The largest absolute Gasteiger partial charge is 0.465 e. The van der Waals surface area contributed by atoms with Crippen molar-refractivity contribution in [3.05, 3.63) is 35.4 Å². The summed E-state index contributed by atoms with van der Waals surface area (Å²) >= 11 is 0. The molecular weight excluding hydrogens is 259 g/mol. The second kappa shape index (κ2) is 6.56. The Morgan fingerprint density at radius 2 is 1.95 bits per heavy atom. The summed E-state index contributed by atoms with van der Waals surface area (Å²) in [6.07, 6.45) is -4.50. The number of alkyl halides is 3. The van der Waals surface area contributed by atoms with Gasteiger partial charge in [-0.05, 0) is 25.1 Å². The molecule has 0 amide bonds. The van der Waals surface area contributed by atoms with Crippen molar-refractivity contribution in [2.45, 2.75) is 26.1 Å². The van der Waals surface area contributed by atoms with Gasteiger partial charge in [-0.1, -0.05) is 25.1 Å². The summed E-state index contributed by atoms with van der Waals surface area (Å²) in [4.78, 5) is 11.8. The predicted octanol–water partition coefficient (Wildman–Crippen LogP) is 2.92. The van der Waals surface area contributed by atoms with Crippen LogP contribution in [-0.2, 0) is 15.7 Å². The van der Waals surface area contributed by atoms with E-state index in [1.807, 2.05) is 0 Å². The van der Waals surface area contributed by atoms with Gasteiger partial charge in [0.05, 0.1) is 12.2 Å². The van der Waals surface area contributed by atoms with Gasteiger partial charge in [0, 0.05) is 0 Å². The number of nitrogens with one attached hydrogen (secondary N) is 1. The Labute approximate surface area is 109 Å². The van der Waals surface area contributed by atoms with E-state index in [0.29, 0.717) is 6.54 Å². The zero-order chi connectivity index (χ0) is 14.5. The summed E-state index contributed by atoms with van der Waals surface area (Å²) in [6.45, 7) is 3.80. The average molecular weight is 275 g/mol. The van der Waals surface area contributed by atoms with Gasteiger partial charge in [0.15, 0.2) is 0 Å². The van der Waals surface area contributed by atoms with E-state index in [1.165, 1.54) is 18.2 Å². The van der Waals surface area contributed by atoms with E-state index in [9.17, 15) is 18.0 Å². The highest BCUT2D eigenvalue weighted by atomic mass is 19.4. The minimum absolute atomic E-state index is 0.115. The average Bonchev–Trinajstić information content (AvgIpc) is 2.35. The van der Waals surface area contributed by atoms with Gasteiger partial charge in [-0.2, -0.15) is 13.2 Å². The molecule has 0 heterocycles. The maximum atomic E-state index is 12.9. The molecule has 1 N–H and O–H groups in total. The molecule has 0 spiro atoms. The van der Waals surface area contributed by atoms with Gasteiger partial charge in [-0.15, -0.1) is 0 Å². The lowest BCUT2D eigenvalue weighted by Gasteiger charge is -2.20. The van der Waals surface area contributed by atoms with Crippen LogP contribution in [0, 0.1) is 0 Å². The maximum absolute atomic E-state index is 12.9. The minimum Gasteiger partial charge on any atom is -0.465 e. The van der Waals surface area contributed by atoms with Gasteiger partial charge >= 0.3 is 12.1 Å². The Balaban J connectivity index is 3.19. The summed E-state index contributed by atoms with van der Waals surface area (Å²) in [5, 5.41) is 2.72. The lowest BCUT2D eigenvalue weighted by molar-refractivity contribution is -0.147. The molecule has 19 heavy (non-hydrogen) atoms. The molecule has 0 aliphatic rings. The third-order valence-corrected chi connectivity index (χ3v) is 2.51. The fourth-order valence-corrected chi connectivity index (χ4v) is 1.76. The van der Waals surface area contributed by atoms with Crippen molar-refractivity contribution in [2.75, 3.05) is 13.2 Å². The van der Waals surface area contributed by atoms with Crippen LogP contribution in [-0.4, -0.2) is 19.1 Å². The highest BCUT2D eigenvalue weighted by Gasteiger charge is 2.36. The predicted molar refractivity (Wildman–Crippen MR) is 64.5 cm³/mol. The van der Waals surface area contributed by atoms with Gasteiger partial charge in [-0.25, -0.2) is 4.79 Å². The zero-order valence-electron chi connectivity index (χ0n) is 10.8. The van der Waals surface area contributed by atoms with Crippen molar-refractivity contribution in [1.82, 2.24) is 5.32 Å². The van der Waals surface area contributed by atoms with E-state index in [2.05, 4.69) is 5.32 Å². The number of ether oxygens (including phenoxy) is 1. The van der Waals surface area contributed by atoms with E-state index in [4.69, 9.17) is 4.74 Å². The molecule has 1 aromatic carbocycles. The van der Waals surface area contributed by atoms with Crippen molar-refractivity contribution in [1.29, 1.82) is 0 Å². The lowest BCUT2D eigenvalue weighted by Crippen LogP contribution is -2.32. The van der Waals surface area contributed by atoms with Gasteiger partial charge < -0.3 is 10.1 Å². The second-order valence-electron chi connectivity index (χ2n) is 3.83. The van der Waals surface area contributed by atoms with Gasteiger partial charge in [0.1, 0.15) is 6.04 Å². The first-order chi connectivity index (χ1) is 8.91. The van der Waals surface area contributed by atoms with Crippen molar-refractivity contribution in [3.8, 4) is 0 Å². The van der Waals surface area contributed by atoms with Gasteiger partial charge in [0.2, 0.25) is 0 Å². The quantitative estimate of drug-likeness (QED) is 0.840. The van der Waals surface area contributed by atoms with E-state index < -0.39 is 23.8 Å². The third-order valence-electron chi connectivity index (χ3n) is 2.51. The molecular formula is C13H16F3NO2. The summed E-state index contributed by atoms with van der Waals surface area (Å²) in [5.41, 5.74) is -0.940. The smallest absolute Gasteiger partial charge is 0.416 e. The molecule has 0 saturated carbocycles. The Kier molecular flexibility index (Phi) is 5.35. The van der Waals surface area contributed by atoms with Crippen LogP contribution in [0.4, 0.5) is 13.2 Å². The second-order valence-corrected chi connectivity index (χ2v) is 3.83. The van der Waals surface area contributed by atoms with Crippen molar-refractivity contribution >= 4 is 5.97 Å². The maximum Gasteiger partial charge on any atom is 0.416 e. The Morgan fingerprint density at radius 1 is 1.32 bits per heavy atom. The molecule has 3 nitrogen and oxygen atoms in total. The van der Waals surface area contributed by atoms with Gasteiger partial charge in [0.25, 0.3) is 0 Å². The van der Waals surface area contributed by atoms with Crippen LogP contribution in [0.1, 0.15) is 31.0 Å². The molecule has 0 aliphatic heterocycles. The first-order valence-corrected chi connectivity index (χ1v) is 5.98. The van der Waals surface area contributed by atoms with Crippen LogP contribution in [0.2, 0.25) is 0 Å². The lowest BCUT2D eigenvalue weighted by atomic mass is 10.00. The normalized spacial score (nSPS) is 13.1. The van der Waals surface area contributed by atoms with Crippen molar-refractivity contribution in [3.63, 3.8) is 0 Å². The number of hydrogen-bond acceptors (Lipinski definition) is 3. The summed E-state index contributed by atoms with van der Waals surface area (Å²) in [6, 6.07) is 3.89. The number of carbonyl (C=O) groups is 1. The molecule has 6 heteroatoms. The van der Waals surface area contributed by atoms with Crippen LogP contribution < -0.4 is 5.32 Å². The molecule has 0 aliphatic carbocycles. The molecule has 0 bridgehead atoms. The van der Waals surface area contributed by atoms with Crippen LogP contribution in [0.25, 0.3) is 0 Å². The summed E-state index contributed by atoms with van der Waals surface area (Å²) in [5.74, 6) is -0.707. The SMILES string of the molecule is CCNC(C(=O)OCC)c1ccccc1C(F)(F)F. The molecule has 1 atom stereocenters. The molecule has 106 valence electrons. The number of likely N-dealkylation sites (N-methyl/N-ethyl adjacent to an activating group) is 1. The first kappa shape index (κ1) is 15.5. The molecule has 1 aromatic rings. The Hall–Kier alpha value is -1.56. The number of hydrogen-bond donors (Lipinski definition) is 1. The van der Waals surface area contributed by atoms with Crippen LogP contribution >= 0.6 is 0 Å². The zero-order valence-corrected chi connectivity index (χ0v) is 10.8. The van der Waals surface area contributed by atoms with E-state index in [1.54, 1.807) is 13.8 Å². The number of benzene rings is 1. The number of rotatable bonds is 5. The molecule has 0 saturated heterocycles. The van der Waals surface area contributed by atoms with Crippen LogP contribution in [0.5, 0.6) is 0 Å². The van der Waals surface area contributed by atoms with Crippen LogP contribution in [0.3, 0.4) is 0 Å². The fraction of sp³-hybridized carbons (Fsp3) is 0.462. The first-order valence-electron chi connectivity index (χ1n) is 5.98. The monoisotopic (exact) mass is 275 g/mol. The number of halogens is 3. The highest BCUT2D eigenvalue weighted by molar-refractivity contribution is 5.78. The van der Waals surface area contributed by atoms with Crippen molar-refractivity contribution < 1.29 is 22.7 Å². The summed E-state index contributed by atoms with van der Waals surface area (Å²) in [7, 11) is 0. The molecule has 0 radical (unpaired) electrons.